The van der Waals surface area contributed by atoms with Gasteiger partial charge in [0, 0.05) is 11.6 Å². The predicted molar refractivity (Wildman–Crippen MR) is 78.6 cm³/mol. The quantitative estimate of drug-likeness (QED) is 0.848. The summed E-state index contributed by atoms with van der Waals surface area (Å²) >= 11 is 0. The highest BCUT2D eigenvalue weighted by Crippen LogP contribution is 2.40. The largest absolute Gasteiger partial charge is 0.313 e. The van der Waals surface area contributed by atoms with E-state index in [2.05, 4.69) is 19.2 Å². The van der Waals surface area contributed by atoms with E-state index in [1.54, 1.807) is 6.07 Å². The zero-order chi connectivity index (χ0) is 14.0. The van der Waals surface area contributed by atoms with Crippen molar-refractivity contribution >= 4 is 0 Å². The number of rotatable bonds is 3. The Morgan fingerprint density at radius 2 is 1.79 bits per heavy atom. The van der Waals surface area contributed by atoms with Gasteiger partial charge < -0.3 is 5.32 Å². The highest BCUT2D eigenvalue weighted by atomic mass is 19.1. The van der Waals surface area contributed by atoms with Crippen LogP contribution in [0.2, 0.25) is 0 Å². The molecular formula is C17H26FN. The molecule has 1 aliphatic carbocycles. The van der Waals surface area contributed by atoms with Gasteiger partial charge in [-0.2, -0.15) is 0 Å². The molecule has 3 unspecified atom stereocenters. The van der Waals surface area contributed by atoms with Gasteiger partial charge in [-0.05, 0) is 62.6 Å². The van der Waals surface area contributed by atoms with E-state index in [4.69, 9.17) is 0 Å². The topological polar surface area (TPSA) is 12.0 Å². The van der Waals surface area contributed by atoms with Gasteiger partial charge in [0.15, 0.2) is 0 Å². The first-order valence-corrected chi connectivity index (χ1v) is 7.44. The van der Waals surface area contributed by atoms with Gasteiger partial charge in [-0.3, -0.25) is 0 Å². The van der Waals surface area contributed by atoms with Crippen LogP contribution in [0.25, 0.3) is 0 Å². The fraction of sp³-hybridized carbons (Fsp3) is 0.647. The zero-order valence-electron chi connectivity index (χ0n) is 12.5. The monoisotopic (exact) mass is 263 g/mol. The number of hydrogen-bond donors (Lipinski definition) is 1. The van der Waals surface area contributed by atoms with Crippen LogP contribution in [0.15, 0.2) is 18.2 Å². The Hall–Kier alpha value is -0.890. The van der Waals surface area contributed by atoms with Crippen molar-refractivity contribution < 1.29 is 4.39 Å². The van der Waals surface area contributed by atoms with Crippen LogP contribution < -0.4 is 5.32 Å². The second-order valence-corrected chi connectivity index (χ2v) is 6.47. The van der Waals surface area contributed by atoms with Crippen molar-refractivity contribution in [2.24, 2.45) is 17.8 Å². The van der Waals surface area contributed by atoms with Crippen LogP contribution in [-0.4, -0.2) is 7.05 Å². The number of aryl methyl sites for hydroxylation is 1. The lowest BCUT2D eigenvalue weighted by Crippen LogP contribution is -2.32. The molecular weight excluding hydrogens is 237 g/mol. The second kappa shape index (κ2) is 6.04. The average Bonchev–Trinajstić information content (AvgIpc) is 2.31. The van der Waals surface area contributed by atoms with E-state index in [0.717, 1.165) is 23.0 Å². The highest BCUT2D eigenvalue weighted by Gasteiger charge is 2.31. The van der Waals surface area contributed by atoms with E-state index in [0.29, 0.717) is 5.92 Å². The first kappa shape index (κ1) is 14.5. The van der Waals surface area contributed by atoms with E-state index in [-0.39, 0.29) is 11.9 Å². The molecule has 0 aromatic heterocycles. The summed E-state index contributed by atoms with van der Waals surface area (Å²) < 4.78 is 14.2. The van der Waals surface area contributed by atoms with Crippen molar-refractivity contribution in [2.75, 3.05) is 7.05 Å². The maximum absolute atomic E-state index is 14.2. The molecule has 0 aliphatic heterocycles. The molecule has 1 nitrogen and oxygen atoms in total. The molecule has 0 saturated heterocycles. The van der Waals surface area contributed by atoms with Gasteiger partial charge in [-0.1, -0.05) is 26.0 Å². The molecule has 0 heterocycles. The Morgan fingerprint density at radius 1 is 1.16 bits per heavy atom. The first-order chi connectivity index (χ1) is 9.01. The van der Waals surface area contributed by atoms with Crippen LogP contribution in [0.3, 0.4) is 0 Å². The van der Waals surface area contributed by atoms with Crippen molar-refractivity contribution in [1.29, 1.82) is 0 Å². The van der Waals surface area contributed by atoms with E-state index < -0.39 is 0 Å². The molecule has 106 valence electrons. The molecule has 0 spiro atoms. The third-order valence-electron chi connectivity index (χ3n) is 4.49. The molecule has 1 aromatic carbocycles. The minimum Gasteiger partial charge on any atom is -0.313 e. The van der Waals surface area contributed by atoms with Crippen molar-refractivity contribution in [2.45, 2.75) is 46.1 Å². The third kappa shape index (κ3) is 3.36. The van der Waals surface area contributed by atoms with Gasteiger partial charge in [-0.25, -0.2) is 4.39 Å². The number of nitrogens with one attached hydrogen (secondary N) is 1. The van der Waals surface area contributed by atoms with Gasteiger partial charge in [0.05, 0.1) is 0 Å². The van der Waals surface area contributed by atoms with Crippen LogP contribution >= 0.6 is 0 Å². The third-order valence-corrected chi connectivity index (χ3v) is 4.49. The molecule has 0 bridgehead atoms. The molecule has 0 radical (unpaired) electrons. The summed E-state index contributed by atoms with van der Waals surface area (Å²) in [6, 6.07) is 5.76. The Labute approximate surface area is 116 Å². The molecule has 1 saturated carbocycles. The molecule has 1 N–H and O–H groups in total. The fourth-order valence-electron chi connectivity index (χ4n) is 3.81. The zero-order valence-corrected chi connectivity index (χ0v) is 12.5. The molecule has 0 amide bonds. The highest BCUT2D eigenvalue weighted by molar-refractivity contribution is 5.26. The maximum atomic E-state index is 14.2. The Balaban J connectivity index is 2.23. The molecule has 2 rings (SSSR count). The summed E-state index contributed by atoms with van der Waals surface area (Å²) in [4.78, 5) is 0. The minimum atomic E-state index is -0.0646. The molecule has 3 atom stereocenters. The summed E-state index contributed by atoms with van der Waals surface area (Å²) in [5.41, 5.74) is 1.82. The molecule has 1 fully saturated rings. The molecule has 19 heavy (non-hydrogen) atoms. The fourth-order valence-corrected chi connectivity index (χ4v) is 3.81. The first-order valence-electron chi connectivity index (χ1n) is 7.44. The SMILES string of the molecule is CNC(c1ccc(C)cc1F)C1CC(C)CC(C)C1. The van der Waals surface area contributed by atoms with Crippen LogP contribution in [-0.2, 0) is 0 Å². The molecule has 1 aliphatic rings. The average molecular weight is 263 g/mol. The summed E-state index contributed by atoms with van der Waals surface area (Å²) in [7, 11) is 1.95. The van der Waals surface area contributed by atoms with Crippen LogP contribution in [0.4, 0.5) is 4.39 Å². The van der Waals surface area contributed by atoms with Crippen molar-refractivity contribution in [3.63, 3.8) is 0 Å². The van der Waals surface area contributed by atoms with Gasteiger partial charge >= 0.3 is 0 Å². The Bertz CT molecular complexity index is 419. The lowest BCUT2D eigenvalue weighted by Gasteiger charge is -2.36. The Morgan fingerprint density at radius 3 is 2.32 bits per heavy atom. The number of halogens is 1. The van der Waals surface area contributed by atoms with E-state index in [1.165, 1.54) is 19.3 Å². The lowest BCUT2D eigenvalue weighted by atomic mass is 9.72. The van der Waals surface area contributed by atoms with E-state index >= 15 is 0 Å². The molecule has 1 aromatic rings. The number of benzene rings is 1. The normalized spacial score (nSPS) is 29.2. The van der Waals surface area contributed by atoms with E-state index in [1.807, 2.05) is 26.1 Å². The van der Waals surface area contributed by atoms with Crippen molar-refractivity contribution in [3.05, 3.63) is 35.1 Å². The summed E-state index contributed by atoms with van der Waals surface area (Å²) in [6.45, 7) is 6.58. The summed E-state index contributed by atoms with van der Waals surface area (Å²) in [5.74, 6) is 1.97. The maximum Gasteiger partial charge on any atom is 0.128 e. The minimum absolute atomic E-state index is 0.0646. The van der Waals surface area contributed by atoms with Gasteiger partial charge in [0.1, 0.15) is 5.82 Å². The Kier molecular flexibility index (Phi) is 4.62. The summed E-state index contributed by atoms with van der Waals surface area (Å²) in [6.07, 6.45) is 3.70. The second-order valence-electron chi connectivity index (χ2n) is 6.47. The predicted octanol–water partition coefficient (Wildman–Crippen LogP) is 4.47. The van der Waals surface area contributed by atoms with Crippen LogP contribution in [0, 0.1) is 30.5 Å². The van der Waals surface area contributed by atoms with Crippen molar-refractivity contribution in [1.82, 2.24) is 5.32 Å². The van der Waals surface area contributed by atoms with Crippen LogP contribution in [0.5, 0.6) is 0 Å². The van der Waals surface area contributed by atoms with Crippen molar-refractivity contribution in [3.8, 4) is 0 Å². The number of hydrogen-bond acceptors (Lipinski definition) is 1. The lowest BCUT2D eigenvalue weighted by molar-refractivity contribution is 0.179. The standard InChI is InChI=1S/C17H26FN/c1-11-5-6-15(16(18)10-11)17(19-4)14-8-12(2)7-13(3)9-14/h5-6,10,12-14,17,19H,7-9H2,1-4H3. The smallest absolute Gasteiger partial charge is 0.128 e. The van der Waals surface area contributed by atoms with E-state index in [9.17, 15) is 4.39 Å². The van der Waals surface area contributed by atoms with Crippen LogP contribution in [0.1, 0.15) is 50.3 Å². The molecule has 2 heteroatoms. The summed E-state index contributed by atoms with van der Waals surface area (Å²) in [5, 5.41) is 3.35. The van der Waals surface area contributed by atoms with Gasteiger partial charge in [0.2, 0.25) is 0 Å². The van der Waals surface area contributed by atoms with Gasteiger partial charge in [0.25, 0.3) is 0 Å². The van der Waals surface area contributed by atoms with Gasteiger partial charge in [-0.15, -0.1) is 0 Å².